The quantitative estimate of drug-likeness (QED) is 0.792. The summed E-state index contributed by atoms with van der Waals surface area (Å²) in [5, 5.41) is 2.28. The molecule has 2 heterocycles. The summed E-state index contributed by atoms with van der Waals surface area (Å²) in [6.45, 7) is 2.15. The monoisotopic (exact) mass is 356 g/mol. The molecular formula is C19H17ClN2O3. The molecule has 0 radical (unpaired) electrons. The number of carbonyl (C=O) groups is 2. The fourth-order valence-electron chi connectivity index (χ4n) is 3.58. The number of imide groups is 1. The van der Waals surface area contributed by atoms with E-state index in [2.05, 4.69) is 0 Å². The van der Waals surface area contributed by atoms with Gasteiger partial charge in [-0.25, -0.2) is 5.06 Å². The Morgan fingerprint density at radius 1 is 1.00 bits per heavy atom. The number of hydroxylamine groups is 1. The lowest BCUT2D eigenvalue weighted by atomic mass is 9.90. The van der Waals surface area contributed by atoms with Gasteiger partial charge in [0.1, 0.15) is 5.92 Å². The van der Waals surface area contributed by atoms with Crippen molar-refractivity contribution in [2.24, 2.45) is 5.92 Å². The van der Waals surface area contributed by atoms with E-state index in [-0.39, 0.29) is 17.9 Å². The summed E-state index contributed by atoms with van der Waals surface area (Å²) in [4.78, 5) is 32.6. The van der Waals surface area contributed by atoms with Crippen molar-refractivity contribution in [3.05, 3.63) is 65.2 Å². The van der Waals surface area contributed by atoms with Crippen LogP contribution in [-0.4, -0.2) is 29.4 Å². The predicted molar refractivity (Wildman–Crippen MR) is 93.9 cm³/mol. The Bertz CT molecular complexity index is 809. The van der Waals surface area contributed by atoms with E-state index in [9.17, 15) is 9.59 Å². The van der Waals surface area contributed by atoms with Crippen molar-refractivity contribution in [3.8, 4) is 0 Å². The second-order valence-electron chi connectivity index (χ2n) is 6.13. The summed E-state index contributed by atoms with van der Waals surface area (Å²) >= 11 is 5.98. The first-order valence-corrected chi connectivity index (χ1v) is 8.61. The molecule has 0 spiro atoms. The highest BCUT2D eigenvalue weighted by Gasteiger charge is 2.59. The van der Waals surface area contributed by atoms with Gasteiger partial charge in [-0.1, -0.05) is 41.9 Å². The van der Waals surface area contributed by atoms with Crippen LogP contribution in [0.25, 0.3) is 0 Å². The zero-order chi connectivity index (χ0) is 17.6. The summed E-state index contributed by atoms with van der Waals surface area (Å²) in [5.41, 5.74) is 1.69. The van der Waals surface area contributed by atoms with Crippen LogP contribution in [-0.2, 0) is 14.4 Å². The minimum absolute atomic E-state index is 0.178. The van der Waals surface area contributed by atoms with Gasteiger partial charge in [0.05, 0.1) is 11.7 Å². The molecule has 6 heteroatoms. The van der Waals surface area contributed by atoms with E-state index in [0.717, 1.165) is 11.3 Å². The fourth-order valence-corrected chi connectivity index (χ4v) is 3.71. The molecule has 4 rings (SSSR count). The van der Waals surface area contributed by atoms with Gasteiger partial charge in [-0.15, -0.1) is 0 Å². The van der Waals surface area contributed by atoms with E-state index in [1.165, 1.54) is 4.90 Å². The number of rotatable bonds is 3. The number of hydrogen-bond acceptors (Lipinski definition) is 4. The molecule has 2 aromatic carbocycles. The Kier molecular flexibility index (Phi) is 3.98. The second kappa shape index (κ2) is 6.17. The molecule has 25 heavy (non-hydrogen) atoms. The lowest BCUT2D eigenvalue weighted by Gasteiger charge is -2.28. The molecule has 2 amide bonds. The first-order chi connectivity index (χ1) is 12.1. The topological polar surface area (TPSA) is 49.9 Å². The molecule has 3 atom stereocenters. The number of hydrogen-bond donors (Lipinski definition) is 0. The van der Waals surface area contributed by atoms with Gasteiger partial charge in [0.15, 0.2) is 6.10 Å². The molecule has 2 aromatic rings. The van der Waals surface area contributed by atoms with Gasteiger partial charge in [-0.3, -0.25) is 19.3 Å². The molecular weight excluding hydrogens is 340 g/mol. The molecule has 128 valence electrons. The Balaban J connectivity index is 1.79. The van der Waals surface area contributed by atoms with Gasteiger partial charge in [0, 0.05) is 11.6 Å². The van der Waals surface area contributed by atoms with E-state index in [0.29, 0.717) is 11.6 Å². The van der Waals surface area contributed by atoms with Crippen molar-refractivity contribution in [1.29, 1.82) is 0 Å². The second-order valence-corrected chi connectivity index (χ2v) is 6.57. The fraction of sp³-hybridized carbons (Fsp3) is 0.263. The molecule has 0 saturated carbocycles. The SMILES string of the molecule is CCN1C(=O)[C@@H]2[C@H](ON(c3ccc(Cl)cc3)[C@H]2c2ccccc2)C1=O. The highest BCUT2D eigenvalue weighted by Crippen LogP contribution is 2.46. The number of fused-ring (bicyclic) bond motifs is 1. The summed E-state index contributed by atoms with van der Waals surface area (Å²) < 4.78 is 0. The summed E-state index contributed by atoms with van der Waals surface area (Å²) in [5.74, 6) is -0.997. The predicted octanol–water partition coefficient (Wildman–Crippen LogP) is 3.21. The molecule has 0 bridgehead atoms. The molecule has 0 N–H and O–H groups in total. The van der Waals surface area contributed by atoms with Crippen LogP contribution in [0.15, 0.2) is 54.6 Å². The largest absolute Gasteiger partial charge is 0.280 e. The number of nitrogens with zero attached hydrogens (tertiary/aromatic N) is 2. The van der Waals surface area contributed by atoms with Crippen molar-refractivity contribution in [2.75, 3.05) is 11.6 Å². The van der Waals surface area contributed by atoms with Crippen molar-refractivity contribution >= 4 is 29.1 Å². The third kappa shape index (κ3) is 2.51. The Morgan fingerprint density at radius 3 is 2.32 bits per heavy atom. The van der Waals surface area contributed by atoms with Crippen molar-refractivity contribution < 1.29 is 14.4 Å². The molecule has 2 saturated heterocycles. The third-order valence-corrected chi connectivity index (χ3v) is 5.00. The van der Waals surface area contributed by atoms with Gasteiger partial charge in [-0.2, -0.15) is 0 Å². The van der Waals surface area contributed by atoms with Gasteiger partial charge in [0.2, 0.25) is 5.91 Å². The van der Waals surface area contributed by atoms with Crippen molar-refractivity contribution in [2.45, 2.75) is 19.1 Å². The summed E-state index contributed by atoms with van der Waals surface area (Å²) in [7, 11) is 0. The van der Waals surface area contributed by atoms with Gasteiger partial charge >= 0.3 is 0 Å². The number of likely N-dealkylation sites (tertiary alicyclic amines) is 1. The normalized spacial score (nSPS) is 25.6. The van der Waals surface area contributed by atoms with Crippen LogP contribution in [0.4, 0.5) is 5.69 Å². The third-order valence-electron chi connectivity index (χ3n) is 4.75. The first-order valence-electron chi connectivity index (χ1n) is 8.23. The van der Waals surface area contributed by atoms with Gasteiger partial charge < -0.3 is 0 Å². The van der Waals surface area contributed by atoms with Crippen LogP contribution >= 0.6 is 11.6 Å². The minimum Gasteiger partial charge on any atom is -0.280 e. The number of benzene rings is 2. The minimum atomic E-state index is -0.784. The Labute approximate surface area is 150 Å². The van der Waals surface area contributed by atoms with E-state index >= 15 is 0 Å². The van der Waals surface area contributed by atoms with Crippen LogP contribution in [0.1, 0.15) is 18.5 Å². The molecule has 0 aliphatic carbocycles. The smallest absolute Gasteiger partial charge is 0.261 e. The molecule has 0 unspecified atom stereocenters. The molecule has 0 aromatic heterocycles. The van der Waals surface area contributed by atoms with Gasteiger partial charge in [0.25, 0.3) is 5.91 Å². The van der Waals surface area contributed by atoms with Crippen molar-refractivity contribution in [1.82, 2.24) is 4.90 Å². The highest BCUT2D eigenvalue weighted by atomic mass is 35.5. The maximum atomic E-state index is 12.8. The number of amides is 2. The van der Waals surface area contributed by atoms with Crippen LogP contribution in [0, 0.1) is 5.92 Å². The first kappa shape index (κ1) is 16.1. The maximum absolute atomic E-state index is 12.8. The molecule has 2 aliphatic rings. The van der Waals surface area contributed by atoms with E-state index in [1.807, 2.05) is 42.5 Å². The van der Waals surface area contributed by atoms with Crippen LogP contribution in [0.3, 0.4) is 0 Å². The average Bonchev–Trinajstić information content (AvgIpc) is 3.13. The standard InChI is InChI=1S/C19H17ClN2O3/c1-2-21-18(23)15-16(12-6-4-3-5-7-12)22(25-17(15)19(21)24)14-10-8-13(20)9-11-14/h3-11,15-17H,2H2,1H3/t15-,16-,17-/m0/s1. The average molecular weight is 357 g/mol. The zero-order valence-corrected chi connectivity index (χ0v) is 14.4. The van der Waals surface area contributed by atoms with E-state index in [4.69, 9.17) is 16.4 Å². The van der Waals surface area contributed by atoms with E-state index in [1.54, 1.807) is 24.1 Å². The lowest BCUT2D eigenvalue weighted by molar-refractivity contribution is -0.142. The number of halogens is 1. The summed E-state index contributed by atoms with van der Waals surface area (Å²) in [6.07, 6.45) is -0.784. The van der Waals surface area contributed by atoms with Crippen molar-refractivity contribution in [3.63, 3.8) is 0 Å². The molecule has 2 aliphatic heterocycles. The molecule has 2 fully saturated rings. The number of anilines is 1. The van der Waals surface area contributed by atoms with Crippen LogP contribution in [0.2, 0.25) is 5.02 Å². The zero-order valence-electron chi connectivity index (χ0n) is 13.6. The Hall–Kier alpha value is -2.37. The van der Waals surface area contributed by atoms with Crippen LogP contribution in [0.5, 0.6) is 0 Å². The van der Waals surface area contributed by atoms with E-state index < -0.39 is 12.0 Å². The number of carbonyl (C=O) groups excluding carboxylic acids is 2. The van der Waals surface area contributed by atoms with Crippen LogP contribution < -0.4 is 5.06 Å². The lowest BCUT2D eigenvalue weighted by Crippen LogP contribution is -2.37. The summed E-state index contributed by atoms with van der Waals surface area (Å²) in [6, 6.07) is 16.5. The maximum Gasteiger partial charge on any atom is 0.261 e. The highest BCUT2D eigenvalue weighted by molar-refractivity contribution is 6.30. The number of likely N-dealkylation sites (N-methyl/N-ethyl adjacent to an activating group) is 1. The molecule has 5 nitrogen and oxygen atoms in total. The van der Waals surface area contributed by atoms with Gasteiger partial charge in [-0.05, 0) is 36.8 Å². The Morgan fingerprint density at radius 2 is 1.68 bits per heavy atom.